The van der Waals surface area contributed by atoms with Crippen LogP contribution in [0, 0.1) is 40.9 Å². The van der Waals surface area contributed by atoms with E-state index in [9.17, 15) is 22.0 Å². The number of unbranched alkanes of at least 4 members (excludes halogenated alkanes) is 1. The monoisotopic (exact) mass is 478 g/mol. The van der Waals surface area contributed by atoms with E-state index in [-0.39, 0.29) is 24.0 Å². The molecule has 0 spiro atoms. The maximum absolute atomic E-state index is 14.6. The van der Waals surface area contributed by atoms with Crippen LogP contribution in [0.4, 0.5) is 22.0 Å². The van der Waals surface area contributed by atoms with Crippen LogP contribution in [0.1, 0.15) is 47.6 Å². The Bertz CT molecular complexity index is 1420. The lowest BCUT2D eigenvalue weighted by Crippen LogP contribution is -2.02. The molecule has 4 rings (SSSR count). The first-order chi connectivity index (χ1) is 16.8. The molecule has 178 valence electrons. The van der Waals surface area contributed by atoms with Crippen LogP contribution in [0.2, 0.25) is 0 Å². The molecule has 4 aromatic carbocycles. The van der Waals surface area contributed by atoms with E-state index in [1.807, 2.05) is 6.92 Å². The molecule has 0 nitrogen and oxygen atoms in total. The van der Waals surface area contributed by atoms with E-state index >= 15 is 0 Å². The van der Waals surface area contributed by atoms with Gasteiger partial charge in [-0.25, -0.2) is 22.0 Å². The van der Waals surface area contributed by atoms with Crippen LogP contribution in [0.25, 0.3) is 10.8 Å². The van der Waals surface area contributed by atoms with E-state index in [0.717, 1.165) is 25.0 Å². The standard InChI is InChI=1S/C30H23F5/c1-2-3-4-21-15-27(32)25(28(33)16-21)12-8-20-6-10-22(26(31)14-20)9-5-19-7-11-23-17-29(34)30(35)18-24(23)13-19/h6-7,10-11,13-18H,2-4,8,12H2,1H3. The van der Waals surface area contributed by atoms with E-state index < -0.39 is 29.1 Å². The Balaban J connectivity index is 1.47. The van der Waals surface area contributed by atoms with E-state index in [1.54, 1.807) is 24.3 Å². The van der Waals surface area contributed by atoms with Gasteiger partial charge in [0.1, 0.15) is 17.5 Å². The molecule has 0 aliphatic rings. The Morgan fingerprint density at radius 2 is 1.26 bits per heavy atom. The zero-order chi connectivity index (χ0) is 24.9. The van der Waals surface area contributed by atoms with Crippen LogP contribution in [-0.4, -0.2) is 0 Å². The molecule has 0 atom stereocenters. The van der Waals surface area contributed by atoms with Crippen LogP contribution in [0.5, 0.6) is 0 Å². The van der Waals surface area contributed by atoms with Crippen molar-refractivity contribution in [2.75, 3.05) is 0 Å². The van der Waals surface area contributed by atoms with Gasteiger partial charge in [-0.2, -0.15) is 0 Å². The molecule has 0 aliphatic heterocycles. The zero-order valence-corrected chi connectivity index (χ0v) is 19.2. The number of hydrogen-bond acceptors (Lipinski definition) is 0. The molecule has 5 heteroatoms. The van der Waals surface area contributed by atoms with Gasteiger partial charge >= 0.3 is 0 Å². The Morgan fingerprint density at radius 3 is 1.94 bits per heavy atom. The summed E-state index contributed by atoms with van der Waals surface area (Å²) in [6.45, 7) is 2.02. The summed E-state index contributed by atoms with van der Waals surface area (Å²) in [7, 11) is 0. The van der Waals surface area contributed by atoms with Crippen molar-refractivity contribution in [1.29, 1.82) is 0 Å². The van der Waals surface area contributed by atoms with Gasteiger partial charge in [0.05, 0.1) is 5.56 Å². The number of aryl methyl sites for hydroxylation is 2. The first kappa shape index (κ1) is 24.5. The molecule has 0 heterocycles. The fourth-order valence-corrected chi connectivity index (χ4v) is 3.96. The first-order valence-electron chi connectivity index (χ1n) is 11.5. The fraction of sp³-hybridized carbons (Fsp3) is 0.200. The average Bonchev–Trinajstić information content (AvgIpc) is 2.82. The molecule has 0 fully saturated rings. The fourth-order valence-electron chi connectivity index (χ4n) is 3.96. The van der Waals surface area contributed by atoms with Gasteiger partial charge in [0.25, 0.3) is 0 Å². The molecular formula is C30H23F5. The van der Waals surface area contributed by atoms with Crippen molar-refractivity contribution in [3.63, 3.8) is 0 Å². The number of benzene rings is 4. The highest BCUT2D eigenvalue weighted by molar-refractivity contribution is 5.84. The molecular weight excluding hydrogens is 455 g/mol. The number of halogens is 5. The van der Waals surface area contributed by atoms with E-state index in [1.165, 1.54) is 24.3 Å². The van der Waals surface area contributed by atoms with Gasteiger partial charge in [0.15, 0.2) is 11.6 Å². The topological polar surface area (TPSA) is 0 Å². The second kappa shape index (κ2) is 10.7. The molecule has 0 amide bonds. The quantitative estimate of drug-likeness (QED) is 0.194. The van der Waals surface area contributed by atoms with Crippen molar-refractivity contribution in [2.45, 2.75) is 39.0 Å². The molecule has 0 radical (unpaired) electrons. The number of fused-ring (bicyclic) bond motifs is 1. The van der Waals surface area contributed by atoms with Gasteiger partial charge in [-0.3, -0.25) is 0 Å². The number of rotatable bonds is 6. The van der Waals surface area contributed by atoms with Crippen LogP contribution in [0.3, 0.4) is 0 Å². The van der Waals surface area contributed by atoms with Gasteiger partial charge in [-0.1, -0.05) is 37.3 Å². The van der Waals surface area contributed by atoms with E-state index in [2.05, 4.69) is 11.8 Å². The lowest BCUT2D eigenvalue weighted by atomic mass is 9.99. The number of hydrogen-bond donors (Lipinski definition) is 0. The van der Waals surface area contributed by atoms with Crippen molar-refractivity contribution in [1.82, 2.24) is 0 Å². The third-order valence-corrected chi connectivity index (χ3v) is 5.94. The molecule has 0 aliphatic carbocycles. The molecule has 0 saturated heterocycles. The highest BCUT2D eigenvalue weighted by atomic mass is 19.2. The summed E-state index contributed by atoms with van der Waals surface area (Å²) in [6, 6.07) is 14.4. The third kappa shape index (κ3) is 5.89. The second-order valence-electron chi connectivity index (χ2n) is 8.53. The Kier molecular flexibility index (Phi) is 7.51. The smallest absolute Gasteiger partial charge is 0.159 e. The Labute approximate surface area is 201 Å². The Hall–Kier alpha value is -3.65. The molecule has 0 aromatic heterocycles. The van der Waals surface area contributed by atoms with Crippen LogP contribution >= 0.6 is 0 Å². The van der Waals surface area contributed by atoms with Crippen molar-refractivity contribution < 1.29 is 22.0 Å². The first-order valence-corrected chi connectivity index (χ1v) is 11.5. The maximum atomic E-state index is 14.6. The molecule has 0 saturated carbocycles. The van der Waals surface area contributed by atoms with Crippen molar-refractivity contribution in [3.05, 3.63) is 118 Å². The summed E-state index contributed by atoms with van der Waals surface area (Å²) in [5.74, 6) is 2.03. The van der Waals surface area contributed by atoms with Gasteiger partial charge in [0.2, 0.25) is 0 Å². The maximum Gasteiger partial charge on any atom is 0.159 e. The van der Waals surface area contributed by atoms with Gasteiger partial charge in [-0.15, -0.1) is 0 Å². The van der Waals surface area contributed by atoms with Crippen molar-refractivity contribution >= 4 is 10.8 Å². The minimum atomic E-state index is -0.948. The summed E-state index contributed by atoms with van der Waals surface area (Å²) in [5, 5.41) is 1.03. The van der Waals surface area contributed by atoms with Crippen LogP contribution in [-0.2, 0) is 19.3 Å². The lowest BCUT2D eigenvalue weighted by Gasteiger charge is -2.09. The van der Waals surface area contributed by atoms with Gasteiger partial charge in [0, 0.05) is 11.1 Å². The molecule has 4 aromatic rings. The zero-order valence-electron chi connectivity index (χ0n) is 19.2. The van der Waals surface area contributed by atoms with E-state index in [0.29, 0.717) is 33.9 Å². The molecule has 35 heavy (non-hydrogen) atoms. The predicted octanol–water partition coefficient (Wildman–Crippen LogP) is 8.06. The summed E-state index contributed by atoms with van der Waals surface area (Å²) >= 11 is 0. The summed E-state index contributed by atoms with van der Waals surface area (Å²) in [4.78, 5) is 0. The molecule has 0 bridgehead atoms. The summed E-state index contributed by atoms with van der Waals surface area (Å²) in [6.07, 6.45) is 2.84. The largest absolute Gasteiger partial charge is 0.207 e. The van der Waals surface area contributed by atoms with Crippen molar-refractivity contribution in [2.24, 2.45) is 0 Å². The third-order valence-electron chi connectivity index (χ3n) is 5.94. The highest BCUT2D eigenvalue weighted by Gasteiger charge is 2.12. The molecule has 0 unspecified atom stereocenters. The lowest BCUT2D eigenvalue weighted by molar-refractivity contribution is 0.511. The predicted molar refractivity (Wildman–Crippen MR) is 129 cm³/mol. The minimum Gasteiger partial charge on any atom is -0.207 e. The van der Waals surface area contributed by atoms with Crippen LogP contribution in [0.15, 0.2) is 60.7 Å². The summed E-state index contributed by atoms with van der Waals surface area (Å²) < 4.78 is 70.3. The second-order valence-corrected chi connectivity index (χ2v) is 8.53. The van der Waals surface area contributed by atoms with Gasteiger partial charge in [-0.05, 0) is 96.1 Å². The highest BCUT2D eigenvalue weighted by Crippen LogP contribution is 2.21. The molecule has 0 N–H and O–H groups in total. The summed E-state index contributed by atoms with van der Waals surface area (Å²) in [5.41, 5.74) is 1.94. The van der Waals surface area contributed by atoms with Crippen molar-refractivity contribution in [3.8, 4) is 11.8 Å². The average molecular weight is 479 g/mol. The SMILES string of the molecule is CCCCc1cc(F)c(CCc2ccc(C#Cc3ccc4cc(F)c(F)cc4c3)c(F)c2)c(F)c1. The van der Waals surface area contributed by atoms with Gasteiger partial charge < -0.3 is 0 Å². The van der Waals surface area contributed by atoms with E-state index in [4.69, 9.17) is 0 Å². The normalized spacial score (nSPS) is 10.9. The minimum absolute atomic E-state index is 0.00199. The van der Waals surface area contributed by atoms with Crippen LogP contribution < -0.4 is 0 Å². The Morgan fingerprint density at radius 1 is 0.571 bits per heavy atom.